The lowest BCUT2D eigenvalue weighted by Crippen LogP contribution is -2.32. The van der Waals surface area contributed by atoms with Gasteiger partial charge >= 0.3 is 6.03 Å². The number of thiophene rings is 1. The Hall–Kier alpha value is -1.92. The van der Waals surface area contributed by atoms with Crippen LogP contribution >= 0.6 is 11.3 Å². The second-order valence-corrected chi connectivity index (χ2v) is 4.87. The van der Waals surface area contributed by atoms with Gasteiger partial charge in [-0.2, -0.15) is 11.3 Å². The zero-order valence-electron chi connectivity index (χ0n) is 10.5. The van der Waals surface area contributed by atoms with Gasteiger partial charge in [-0.1, -0.05) is 0 Å². The van der Waals surface area contributed by atoms with Crippen LogP contribution in [0.5, 0.6) is 0 Å². The fourth-order valence-corrected chi connectivity index (χ4v) is 2.28. The molecule has 0 radical (unpaired) electrons. The third-order valence-electron chi connectivity index (χ3n) is 2.54. The fraction of sp³-hybridized carbons (Fsp3) is 0.231. The maximum atomic E-state index is 11.6. The highest BCUT2D eigenvalue weighted by Gasteiger charge is 2.09. The van der Waals surface area contributed by atoms with Gasteiger partial charge in [0.1, 0.15) is 0 Å². The van der Waals surface area contributed by atoms with E-state index in [4.69, 9.17) is 0 Å². The lowest BCUT2D eigenvalue weighted by Gasteiger charge is -2.11. The molecule has 0 unspecified atom stereocenters. The van der Waals surface area contributed by atoms with Crippen molar-refractivity contribution in [3.8, 4) is 0 Å². The highest BCUT2D eigenvalue weighted by atomic mass is 32.1. The third kappa shape index (κ3) is 4.04. The van der Waals surface area contributed by atoms with Crippen molar-refractivity contribution in [2.24, 2.45) is 0 Å². The van der Waals surface area contributed by atoms with Crippen molar-refractivity contribution in [1.29, 1.82) is 0 Å². The molecule has 2 aromatic heterocycles. The van der Waals surface area contributed by atoms with Crippen LogP contribution in [0.3, 0.4) is 0 Å². The van der Waals surface area contributed by atoms with E-state index in [0.717, 1.165) is 11.3 Å². The van der Waals surface area contributed by atoms with Gasteiger partial charge in [-0.05, 0) is 41.4 Å². The molecule has 19 heavy (non-hydrogen) atoms. The van der Waals surface area contributed by atoms with Crippen LogP contribution in [0.1, 0.15) is 17.4 Å². The number of hydrogen-bond acceptors (Lipinski definition) is 4. The van der Waals surface area contributed by atoms with Crippen LogP contribution in [0.2, 0.25) is 0 Å². The van der Waals surface area contributed by atoms with Gasteiger partial charge in [-0.3, -0.25) is 4.98 Å². The maximum Gasteiger partial charge on any atom is 0.319 e. The molecular formula is C13H15N3O2S. The monoisotopic (exact) mass is 277 g/mol. The minimum absolute atomic E-state index is 0.173. The van der Waals surface area contributed by atoms with Gasteiger partial charge in [0.2, 0.25) is 0 Å². The number of anilines is 1. The van der Waals surface area contributed by atoms with E-state index in [1.165, 1.54) is 11.3 Å². The minimum Gasteiger partial charge on any atom is -0.387 e. The smallest absolute Gasteiger partial charge is 0.319 e. The van der Waals surface area contributed by atoms with Crippen LogP contribution in [0.25, 0.3) is 0 Å². The quantitative estimate of drug-likeness (QED) is 0.803. The third-order valence-corrected chi connectivity index (χ3v) is 3.24. The first-order chi connectivity index (χ1) is 9.15. The van der Waals surface area contributed by atoms with Crippen LogP contribution in [-0.2, 0) is 0 Å². The molecular weight excluding hydrogens is 262 g/mol. The van der Waals surface area contributed by atoms with Gasteiger partial charge in [0.05, 0.1) is 6.10 Å². The summed E-state index contributed by atoms with van der Waals surface area (Å²) in [6.07, 6.45) is 0.946. The molecule has 3 N–H and O–H groups in total. The van der Waals surface area contributed by atoms with Crippen molar-refractivity contribution in [3.05, 3.63) is 46.4 Å². The molecule has 5 nitrogen and oxygen atoms in total. The van der Waals surface area contributed by atoms with Crippen molar-refractivity contribution < 1.29 is 9.90 Å². The first-order valence-corrected chi connectivity index (χ1v) is 6.77. The summed E-state index contributed by atoms with van der Waals surface area (Å²) in [5, 5.41) is 18.9. The number of aliphatic hydroxyl groups is 1. The lowest BCUT2D eigenvalue weighted by molar-refractivity contribution is 0.175. The summed E-state index contributed by atoms with van der Waals surface area (Å²) in [5.41, 5.74) is 2.32. The van der Waals surface area contributed by atoms with Crippen molar-refractivity contribution in [2.45, 2.75) is 13.0 Å². The molecule has 0 saturated heterocycles. The molecule has 0 aliphatic carbocycles. The first kappa shape index (κ1) is 13.5. The van der Waals surface area contributed by atoms with Crippen molar-refractivity contribution in [1.82, 2.24) is 10.3 Å². The van der Waals surface area contributed by atoms with Gasteiger partial charge < -0.3 is 15.7 Å². The number of carbonyl (C=O) groups excluding carboxylic acids is 1. The summed E-state index contributed by atoms with van der Waals surface area (Å²) >= 11 is 1.51. The number of pyridine rings is 1. The van der Waals surface area contributed by atoms with Gasteiger partial charge in [-0.15, -0.1) is 0 Å². The summed E-state index contributed by atoms with van der Waals surface area (Å²) in [4.78, 5) is 15.7. The Morgan fingerprint density at radius 2 is 2.37 bits per heavy atom. The predicted molar refractivity (Wildman–Crippen MR) is 75.3 cm³/mol. The topological polar surface area (TPSA) is 74.2 Å². The van der Waals surface area contributed by atoms with E-state index in [-0.39, 0.29) is 12.6 Å². The van der Waals surface area contributed by atoms with Crippen LogP contribution in [0, 0.1) is 6.92 Å². The van der Waals surface area contributed by atoms with E-state index in [2.05, 4.69) is 15.6 Å². The van der Waals surface area contributed by atoms with E-state index in [0.29, 0.717) is 5.69 Å². The van der Waals surface area contributed by atoms with E-state index in [1.807, 2.05) is 23.8 Å². The average molecular weight is 277 g/mol. The van der Waals surface area contributed by atoms with E-state index >= 15 is 0 Å². The van der Waals surface area contributed by atoms with Crippen molar-refractivity contribution in [2.75, 3.05) is 11.9 Å². The molecule has 100 valence electrons. The first-order valence-electron chi connectivity index (χ1n) is 5.83. The molecule has 0 aliphatic rings. The zero-order valence-corrected chi connectivity index (χ0v) is 11.3. The Balaban J connectivity index is 1.82. The van der Waals surface area contributed by atoms with Crippen LogP contribution in [-0.4, -0.2) is 22.7 Å². The second-order valence-electron chi connectivity index (χ2n) is 4.09. The highest BCUT2D eigenvalue weighted by Crippen LogP contribution is 2.15. The molecule has 1 atom stereocenters. The van der Waals surface area contributed by atoms with E-state index in [1.54, 1.807) is 18.3 Å². The summed E-state index contributed by atoms with van der Waals surface area (Å²) < 4.78 is 0. The lowest BCUT2D eigenvalue weighted by atomic mass is 10.2. The molecule has 2 heterocycles. The fourth-order valence-electron chi connectivity index (χ4n) is 1.57. The second kappa shape index (κ2) is 6.31. The zero-order chi connectivity index (χ0) is 13.7. The molecule has 2 aromatic rings. The van der Waals surface area contributed by atoms with Crippen LogP contribution in [0.15, 0.2) is 35.2 Å². The highest BCUT2D eigenvalue weighted by molar-refractivity contribution is 7.07. The van der Waals surface area contributed by atoms with Gasteiger partial charge in [0, 0.05) is 24.1 Å². The Morgan fingerprint density at radius 3 is 3.05 bits per heavy atom. The minimum atomic E-state index is -0.684. The number of carbonyl (C=O) groups is 1. The summed E-state index contributed by atoms with van der Waals surface area (Å²) in [6.45, 7) is 2.02. The molecule has 2 amide bonds. The van der Waals surface area contributed by atoms with Crippen LogP contribution in [0.4, 0.5) is 10.5 Å². The Labute approximate surface area is 115 Å². The molecule has 0 spiro atoms. The van der Waals surface area contributed by atoms with Crippen molar-refractivity contribution in [3.63, 3.8) is 0 Å². The average Bonchev–Trinajstić information content (AvgIpc) is 2.90. The largest absolute Gasteiger partial charge is 0.387 e. The number of nitrogens with one attached hydrogen (secondary N) is 2. The molecule has 2 rings (SSSR count). The molecule has 0 saturated carbocycles. The Kier molecular flexibility index (Phi) is 4.48. The molecule has 0 bridgehead atoms. The van der Waals surface area contributed by atoms with E-state index in [9.17, 15) is 9.90 Å². The summed E-state index contributed by atoms with van der Waals surface area (Å²) in [7, 11) is 0. The summed E-state index contributed by atoms with van der Waals surface area (Å²) in [5.74, 6) is 0. The van der Waals surface area contributed by atoms with Gasteiger partial charge in [-0.25, -0.2) is 4.79 Å². The predicted octanol–water partition coefficient (Wildman–Crippen LogP) is 2.31. The SMILES string of the molecule is Cc1cc(NC(=O)NC[C@@H](O)c2ccsc2)ccn1. The number of hydrogen-bond donors (Lipinski definition) is 3. The number of amides is 2. The van der Waals surface area contributed by atoms with Crippen LogP contribution < -0.4 is 10.6 Å². The maximum absolute atomic E-state index is 11.6. The number of aliphatic hydroxyl groups excluding tert-OH is 1. The standard InChI is InChI=1S/C13H15N3O2S/c1-9-6-11(2-4-14-9)16-13(18)15-7-12(17)10-3-5-19-8-10/h2-6,8,12,17H,7H2,1H3,(H2,14,15,16,18)/t12-/m1/s1. The summed E-state index contributed by atoms with van der Waals surface area (Å²) in [6, 6.07) is 4.97. The number of aryl methyl sites for hydroxylation is 1. The molecule has 0 aliphatic heterocycles. The van der Waals surface area contributed by atoms with E-state index < -0.39 is 6.10 Å². The van der Waals surface area contributed by atoms with Crippen molar-refractivity contribution >= 4 is 23.1 Å². The number of nitrogens with zero attached hydrogens (tertiary/aromatic N) is 1. The van der Waals surface area contributed by atoms with Gasteiger partial charge in [0.15, 0.2) is 0 Å². The number of aromatic nitrogens is 1. The number of rotatable bonds is 4. The van der Waals surface area contributed by atoms with Gasteiger partial charge in [0.25, 0.3) is 0 Å². The molecule has 0 fully saturated rings. The Bertz CT molecular complexity index is 543. The normalized spacial score (nSPS) is 11.9. The number of urea groups is 1. The molecule has 0 aromatic carbocycles. The molecule has 6 heteroatoms. The Morgan fingerprint density at radius 1 is 1.53 bits per heavy atom.